The Labute approximate surface area is 53.6 Å². The van der Waals surface area contributed by atoms with Crippen molar-refractivity contribution in [2.75, 3.05) is 13.6 Å². The fourth-order valence-corrected chi connectivity index (χ4v) is 1.56. The zero-order chi connectivity index (χ0) is 6.43. The molecule has 2 atom stereocenters. The Morgan fingerprint density at radius 3 is 2.89 bits per heavy atom. The van der Waals surface area contributed by atoms with Crippen LogP contribution in [0, 0.1) is 0 Å². The maximum absolute atomic E-state index is 10.8. The average Bonchev–Trinajstić information content (AvgIpc) is 2.22. The SMILES string of the molecule is CN1C[C@H]2C[C@H]1C(=O)O2. The molecule has 50 valence electrons. The maximum atomic E-state index is 10.8. The molecule has 3 nitrogen and oxygen atoms in total. The second kappa shape index (κ2) is 1.48. The Hall–Kier alpha value is -0.570. The van der Waals surface area contributed by atoms with E-state index in [2.05, 4.69) is 4.90 Å². The molecule has 0 unspecified atom stereocenters. The Bertz CT molecular complexity index is 157. The van der Waals surface area contributed by atoms with Gasteiger partial charge in [0.2, 0.25) is 0 Å². The van der Waals surface area contributed by atoms with Crippen LogP contribution in [0.25, 0.3) is 0 Å². The van der Waals surface area contributed by atoms with E-state index in [0.29, 0.717) is 0 Å². The van der Waals surface area contributed by atoms with Gasteiger partial charge in [-0.05, 0) is 7.05 Å². The number of carbonyl (C=O) groups is 1. The lowest BCUT2D eigenvalue weighted by atomic mass is 10.2. The van der Waals surface area contributed by atoms with Crippen LogP contribution in [0.4, 0.5) is 0 Å². The molecule has 0 radical (unpaired) electrons. The number of likely N-dealkylation sites (N-methyl/N-ethyl adjacent to an activating group) is 1. The summed E-state index contributed by atoms with van der Waals surface area (Å²) < 4.78 is 4.95. The number of hydrogen-bond donors (Lipinski definition) is 0. The van der Waals surface area contributed by atoms with Gasteiger partial charge in [-0.2, -0.15) is 0 Å². The lowest BCUT2D eigenvalue weighted by molar-refractivity contribution is -0.150. The highest BCUT2D eigenvalue weighted by molar-refractivity contribution is 5.79. The molecule has 2 bridgehead atoms. The van der Waals surface area contributed by atoms with Crippen LogP contribution in [0.2, 0.25) is 0 Å². The first-order chi connectivity index (χ1) is 4.27. The minimum absolute atomic E-state index is 0.0336. The van der Waals surface area contributed by atoms with Crippen molar-refractivity contribution in [1.29, 1.82) is 0 Å². The average molecular weight is 127 g/mol. The van der Waals surface area contributed by atoms with Crippen LogP contribution in [-0.4, -0.2) is 36.6 Å². The van der Waals surface area contributed by atoms with E-state index in [9.17, 15) is 4.79 Å². The summed E-state index contributed by atoms with van der Waals surface area (Å²) in [7, 11) is 1.96. The van der Waals surface area contributed by atoms with Crippen LogP contribution >= 0.6 is 0 Å². The van der Waals surface area contributed by atoms with Crippen LogP contribution in [0.5, 0.6) is 0 Å². The smallest absolute Gasteiger partial charge is 0.323 e. The van der Waals surface area contributed by atoms with E-state index >= 15 is 0 Å². The molecule has 2 rings (SSSR count). The van der Waals surface area contributed by atoms with Gasteiger partial charge in [-0.25, -0.2) is 0 Å². The second-order valence-electron chi connectivity index (χ2n) is 2.75. The Morgan fingerprint density at radius 2 is 2.56 bits per heavy atom. The normalized spacial score (nSPS) is 41.7. The van der Waals surface area contributed by atoms with Gasteiger partial charge >= 0.3 is 5.97 Å². The van der Waals surface area contributed by atoms with Crippen LogP contribution in [0.15, 0.2) is 0 Å². The van der Waals surface area contributed by atoms with Crippen LogP contribution < -0.4 is 0 Å². The first-order valence-electron chi connectivity index (χ1n) is 3.18. The third-order valence-electron chi connectivity index (χ3n) is 2.06. The zero-order valence-electron chi connectivity index (χ0n) is 5.33. The first-order valence-corrected chi connectivity index (χ1v) is 3.18. The summed E-state index contributed by atoms with van der Waals surface area (Å²) in [4.78, 5) is 12.8. The highest BCUT2D eigenvalue weighted by atomic mass is 16.6. The molecular weight excluding hydrogens is 118 g/mol. The first kappa shape index (κ1) is 5.23. The van der Waals surface area contributed by atoms with Crippen molar-refractivity contribution in [3.8, 4) is 0 Å². The minimum Gasteiger partial charge on any atom is -0.460 e. The topological polar surface area (TPSA) is 29.5 Å². The summed E-state index contributed by atoms with van der Waals surface area (Å²) in [5.74, 6) is -0.0336. The third-order valence-corrected chi connectivity index (χ3v) is 2.06. The standard InChI is InChI=1S/C6H9NO2/c1-7-3-4-2-5(7)6(8)9-4/h4-5H,2-3H2,1H3/t4-,5+/m1/s1. The van der Waals surface area contributed by atoms with Crippen molar-refractivity contribution < 1.29 is 9.53 Å². The van der Waals surface area contributed by atoms with E-state index in [4.69, 9.17) is 4.74 Å². The van der Waals surface area contributed by atoms with Crippen molar-refractivity contribution in [3.63, 3.8) is 0 Å². The summed E-state index contributed by atoms with van der Waals surface area (Å²) in [6.07, 6.45) is 1.11. The molecule has 9 heavy (non-hydrogen) atoms. The Kier molecular flexibility index (Phi) is 0.858. The van der Waals surface area contributed by atoms with E-state index in [1.54, 1.807) is 0 Å². The van der Waals surface area contributed by atoms with Crippen LogP contribution in [0.3, 0.4) is 0 Å². The molecular formula is C6H9NO2. The van der Waals surface area contributed by atoms with Gasteiger partial charge in [0, 0.05) is 13.0 Å². The number of hydrogen-bond acceptors (Lipinski definition) is 3. The van der Waals surface area contributed by atoms with E-state index < -0.39 is 0 Å². The van der Waals surface area contributed by atoms with Crippen LogP contribution in [0.1, 0.15) is 6.42 Å². The summed E-state index contributed by atoms with van der Waals surface area (Å²) >= 11 is 0. The van der Waals surface area contributed by atoms with Gasteiger partial charge in [-0.3, -0.25) is 9.69 Å². The molecule has 0 N–H and O–H groups in total. The molecule has 0 aromatic rings. The molecule has 2 aliphatic rings. The van der Waals surface area contributed by atoms with Gasteiger partial charge in [0.05, 0.1) is 0 Å². The summed E-state index contributed by atoms with van der Waals surface area (Å²) in [6.45, 7) is 0.927. The van der Waals surface area contributed by atoms with Gasteiger partial charge in [-0.1, -0.05) is 0 Å². The highest BCUT2D eigenvalue weighted by Crippen LogP contribution is 2.26. The number of rotatable bonds is 0. The molecule has 2 fully saturated rings. The van der Waals surface area contributed by atoms with E-state index in [0.717, 1.165) is 13.0 Å². The summed E-state index contributed by atoms with van der Waals surface area (Å²) in [5, 5.41) is 0. The number of carbonyl (C=O) groups excluding carboxylic acids is 1. The van der Waals surface area contributed by atoms with E-state index in [1.165, 1.54) is 0 Å². The fraction of sp³-hybridized carbons (Fsp3) is 0.833. The van der Waals surface area contributed by atoms with Gasteiger partial charge in [-0.15, -0.1) is 0 Å². The van der Waals surface area contributed by atoms with Crippen molar-refractivity contribution >= 4 is 5.97 Å². The molecule has 0 aliphatic carbocycles. The minimum atomic E-state index is -0.0336. The molecule has 2 saturated heterocycles. The molecule has 3 heteroatoms. The molecule has 0 aromatic carbocycles. The van der Waals surface area contributed by atoms with Crippen molar-refractivity contribution in [3.05, 3.63) is 0 Å². The predicted octanol–water partition coefficient (Wildman–Crippen LogP) is -0.384. The molecule has 2 aliphatic heterocycles. The molecule has 0 spiro atoms. The lowest BCUT2D eigenvalue weighted by Crippen LogP contribution is -2.37. The number of morpholine rings is 1. The largest absolute Gasteiger partial charge is 0.460 e. The van der Waals surface area contributed by atoms with Crippen molar-refractivity contribution in [2.24, 2.45) is 0 Å². The van der Waals surface area contributed by atoms with Crippen molar-refractivity contribution in [2.45, 2.75) is 18.6 Å². The zero-order valence-corrected chi connectivity index (χ0v) is 5.33. The molecule has 0 saturated carbocycles. The van der Waals surface area contributed by atoms with E-state index in [1.807, 2.05) is 7.05 Å². The van der Waals surface area contributed by atoms with E-state index in [-0.39, 0.29) is 18.1 Å². The monoisotopic (exact) mass is 127 g/mol. The number of ether oxygens (including phenoxy) is 1. The number of likely N-dealkylation sites (tertiary alicyclic amines) is 1. The van der Waals surface area contributed by atoms with Gasteiger partial charge in [0.1, 0.15) is 12.1 Å². The van der Waals surface area contributed by atoms with Crippen molar-refractivity contribution in [1.82, 2.24) is 4.90 Å². The molecule has 0 amide bonds. The number of nitrogens with zero attached hydrogens (tertiary/aromatic N) is 1. The quantitative estimate of drug-likeness (QED) is 0.415. The fourth-order valence-electron chi connectivity index (χ4n) is 1.56. The Balaban J connectivity index is 2.21. The van der Waals surface area contributed by atoms with Gasteiger partial charge in [0.25, 0.3) is 0 Å². The number of esters is 1. The number of fused-ring (bicyclic) bond motifs is 2. The maximum Gasteiger partial charge on any atom is 0.323 e. The Morgan fingerprint density at radius 1 is 1.78 bits per heavy atom. The summed E-state index contributed by atoms with van der Waals surface area (Å²) in [6, 6.07) is 0.0787. The summed E-state index contributed by atoms with van der Waals surface area (Å²) in [5.41, 5.74) is 0. The molecule has 2 heterocycles. The second-order valence-corrected chi connectivity index (χ2v) is 2.75. The van der Waals surface area contributed by atoms with Crippen LogP contribution in [-0.2, 0) is 9.53 Å². The highest BCUT2D eigenvalue weighted by Gasteiger charge is 2.44. The van der Waals surface area contributed by atoms with Gasteiger partial charge < -0.3 is 4.74 Å². The lowest BCUT2D eigenvalue weighted by Gasteiger charge is -2.19. The molecule has 0 aromatic heterocycles. The third kappa shape index (κ3) is 0.580. The predicted molar refractivity (Wildman–Crippen MR) is 30.9 cm³/mol. The van der Waals surface area contributed by atoms with Gasteiger partial charge in [0.15, 0.2) is 0 Å².